The highest BCUT2D eigenvalue weighted by molar-refractivity contribution is 5.04. The van der Waals surface area contributed by atoms with Crippen molar-refractivity contribution in [1.29, 1.82) is 0 Å². The Morgan fingerprint density at radius 1 is 1.44 bits per heavy atom. The Hall–Kier alpha value is -0.980. The predicted molar refractivity (Wildman–Crippen MR) is 65.1 cm³/mol. The molecule has 1 aliphatic rings. The van der Waals surface area contributed by atoms with E-state index in [4.69, 9.17) is 14.0 Å². The van der Waals surface area contributed by atoms with Crippen molar-refractivity contribution in [2.24, 2.45) is 0 Å². The van der Waals surface area contributed by atoms with Crippen LogP contribution in [0.25, 0.3) is 0 Å². The van der Waals surface area contributed by atoms with Crippen molar-refractivity contribution in [2.75, 3.05) is 26.9 Å². The molecular formula is C12H21N3O3. The van der Waals surface area contributed by atoms with Gasteiger partial charge in [-0.15, -0.1) is 0 Å². The Morgan fingerprint density at radius 2 is 2.17 bits per heavy atom. The van der Waals surface area contributed by atoms with Crippen LogP contribution in [0, 0.1) is 0 Å². The molecule has 0 radical (unpaired) electrons. The van der Waals surface area contributed by atoms with E-state index in [9.17, 15) is 0 Å². The molecule has 102 valence electrons. The molecule has 0 aromatic carbocycles. The number of nitrogens with zero attached hydrogens (tertiary/aromatic N) is 2. The normalized spacial score (nSPS) is 20.8. The molecule has 6 nitrogen and oxygen atoms in total. The van der Waals surface area contributed by atoms with E-state index in [1.807, 2.05) is 13.8 Å². The molecule has 6 heteroatoms. The van der Waals surface area contributed by atoms with Crippen LogP contribution >= 0.6 is 0 Å². The van der Waals surface area contributed by atoms with Crippen LogP contribution in [0.5, 0.6) is 0 Å². The van der Waals surface area contributed by atoms with Crippen molar-refractivity contribution in [3.8, 4) is 0 Å². The largest absolute Gasteiger partial charge is 0.381 e. The van der Waals surface area contributed by atoms with Crippen molar-refractivity contribution in [3.05, 3.63) is 11.7 Å². The Morgan fingerprint density at radius 3 is 2.78 bits per heavy atom. The minimum absolute atomic E-state index is 0.0602. The lowest BCUT2D eigenvalue weighted by atomic mass is 9.93. The van der Waals surface area contributed by atoms with E-state index < -0.39 is 5.60 Å². The van der Waals surface area contributed by atoms with Gasteiger partial charge in [0, 0.05) is 33.2 Å². The summed E-state index contributed by atoms with van der Waals surface area (Å²) < 4.78 is 16.3. The van der Waals surface area contributed by atoms with Crippen molar-refractivity contribution in [2.45, 2.75) is 38.3 Å². The van der Waals surface area contributed by atoms with Crippen LogP contribution in [0.3, 0.4) is 0 Å². The highest BCUT2D eigenvalue weighted by atomic mass is 16.5. The third-order valence-electron chi connectivity index (χ3n) is 3.42. The maximum Gasteiger partial charge on any atom is 0.243 e. The molecular weight excluding hydrogens is 234 g/mol. The summed E-state index contributed by atoms with van der Waals surface area (Å²) >= 11 is 0. The van der Waals surface area contributed by atoms with E-state index in [2.05, 4.69) is 15.5 Å². The Bertz CT molecular complexity index is 374. The van der Waals surface area contributed by atoms with Gasteiger partial charge in [0.15, 0.2) is 0 Å². The smallest absolute Gasteiger partial charge is 0.243 e. The van der Waals surface area contributed by atoms with E-state index in [0.717, 1.165) is 19.4 Å². The van der Waals surface area contributed by atoms with Gasteiger partial charge in [0.2, 0.25) is 11.7 Å². The van der Waals surface area contributed by atoms with E-state index in [1.165, 1.54) is 0 Å². The first-order valence-corrected chi connectivity index (χ1v) is 6.42. The van der Waals surface area contributed by atoms with Gasteiger partial charge in [-0.05, 0) is 13.5 Å². The van der Waals surface area contributed by atoms with E-state index in [0.29, 0.717) is 24.9 Å². The molecule has 2 rings (SSSR count). The van der Waals surface area contributed by atoms with Crippen molar-refractivity contribution < 1.29 is 14.0 Å². The zero-order chi connectivity index (χ0) is 13.0. The second-order valence-electron chi connectivity index (χ2n) is 4.55. The molecule has 1 atom stereocenters. The van der Waals surface area contributed by atoms with Crippen molar-refractivity contribution in [3.63, 3.8) is 0 Å². The minimum atomic E-state index is -0.452. The standard InChI is InChI=1S/C12H21N3O3/c1-4-13-9(2)10-14-11(15-18-10)12(16-3)5-7-17-8-6-12/h9,13H,4-8H2,1-3H3. The number of aromatic nitrogens is 2. The number of methoxy groups -OCH3 is 1. The lowest BCUT2D eigenvalue weighted by molar-refractivity contribution is -0.101. The zero-order valence-corrected chi connectivity index (χ0v) is 11.2. The Kier molecular flexibility index (Phi) is 4.31. The fourth-order valence-corrected chi connectivity index (χ4v) is 2.21. The first-order valence-electron chi connectivity index (χ1n) is 6.42. The SMILES string of the molecule is CCNC(C)c1nc(C2(OC)CCOCC2)no1. The van der Waals surface area contributed by atoms with Gasteiger partial charge in [0.25, 0.3) is 0 Å². The molecule has 1 fully saturated rings. The molecule has 1 unspecified atom stereocenters. The number of rotatable bonds is 5. The Balaban J connectivity index is 2.16. The van der Waals surface area contributed by atoms with Crippen molar-refractivity contribution >= 4 is 0 Å². The van der Waals surface area contributed by atoms with Crippen LogP contribution in [-0.2, 0) is 15.1 Å². The fraction of sp³-hybridized carbons (Fsp3) is 0.833. The van der Waals surface area contributed by atoms with E-state index in [1.54, 1.807) is 7.11 Å². The van der Waals surface area contributed by atoms with Crippen LogP contribution in [0.4, 0.5) is 0 Å². The average Bonchev–Trinajstić information content (AvgIpc) is 2.90. The van der Waals surface area contributed by atoms with Crippen LogP contribution in [0.1, 0.15) is 44.4 Å². The van der Waals surface area contributed by atoms with Gasteiger partial charge in [-0.2, -0.15) is 4.98 Å². The molecule has 0 spiro atoms. The molecule has 1 saturated heterocycles. The van der Waals surface area contributed by atoms with Crippen LogP contribution in [0.15, 0.2) is 4.52 Å². The highest BCUT2D eigenvalue weighted by Gasteiger charge is 2.39. The van der Waals surface area contributed by atoms with Gasteiger partial charge in [-0.1, -0.05) is 12.1 Å². The molecule has 0 saturated carbocycles. The summed E-state index contributed by atoms with van der Waals surface area (Å²) in [6.07, 6.45) is 1.52. The molecule has 1 N–H and O–H groups in total. The topological polar surface area (TPSA) is 69.4 Å². The molecule has 1 aliphatic heterocycles. The molecule has 1 aromatic rings. The summed E-state index contributed by atoms with van der Waals surface area (Å²) in [5.41, 5.74) is -0.452. The summed E-state index contributed by atoms with van der Waals surface area (Å²) in [6, 6.07) is 0.0602. The van der Waals surface area contributed by atoms with Gasteiger partial charge in [-0.25, -0.2) is 0 Å². The lowest BCUT2D eigenvalue weighted by Crippen LogP contribution is -2.36. The first kappa shape index (κ1) is 13.5. The zero-order valence-electron chi connectivity index (χ0n) is 11.2. The quantitative estimate of drug-likeness (QED) is 0.857. The molecule has 0 aliphatic carbocycles. The van der Waals surface area contributed by atoms with E-state index in [-0.39, 0.29) is 6.04 Å². The van der Waals surface area contributed by atoms with Crippen LogP contribution < -0.4 is 5.32 Å². The van der Waals surface area contributed by atoms with E-state index >= 15 is 0 Å². The number of hydrogen-bond donors (Lipinski definition) is 1. The van der Waals surface area contributed by atoms with Crippen LogP contribution in [0.2, 0.25) is 0 Å². The van der Waals surface area contributed by atoms with Crippen molar-refractivity contribution in [1.82, 2.24) is 15.5 Å². The summed E-state index contributed by atoms with van der Waals surface area (Å²) in [7, 11) is 1.69. The second-order valence-corrected chi connectivity index (χ2v) is 4.55. The molecule has 0 amide bonds. The Labute approximate surface area is 107 Å². The summed E-state index contributed by atoms with van der Waals surface area (Å²) in [4.78, 5) is 4.47. The minimum Gasteiger partial charge on any atom is -0.381 e. The maximum absolute atomic E-state index is 5.63. The lowest BCUT2D eigenvalue weighted by Gasteiger charge is -2.32. The number of hydrogen-bond acceptors (Lipinski definition) is 6. The molecule has 2 heterocycles. The molecule has 0 bridgehead atoms. The highest BCUT2D eigenvalue weighted by Crippen LogP contribution is 2.33. The molecule has 1 aromatic heterocycles. The fourth-order valence-electron chi connectivity index (χ4n) is 2.21. The monoisotopic (exact) mass is 255 g/mol. The third-order valence-corrected chi connectivity index (χ3v) is 3.42. The third kappa shape index (κ3) is 2.55. The molecule has 18 heavy (non-hydrogen) atoms. The summed E-state index contributed by atoms with van der Waals surface area (Å²) in [5.74, 6) is 1.24. The van der Waals surface area contributed by atoms with Gasteiger partial charge in [-0.3, -0.25) is 0 Å². The van der Waals surface area contributed by atoms with Gasteiger partial charge >= 0.3 is 0 Å². The van der Waals surface area contributed by atoms with Gasteiger partial charge < -0.3 is 19.3 Å². The predicted octanol–water partition coefficient (Wildman–Crippen LogP) is 1.39. The average molecular weight is 255 g/mol. The van der Waals surface area contributed by atoms with Gasteiger partial charge in [0.05, 0.1) is 6.04 Å². The first-order chi connectivity index (χ1) is 8.72. The summed E-state index contributed by atoms with van der Waals surface area (Å²) in [6.45, 7) is 6.25. The maximum atomic E-state index is 5.63. The number of ether oxygens (including phenoxy) is 2. The second kappa shape index (κ2) is 5.77. The summed E-state index contributed by atoms with van der Waals surface area (Å²) in [5, 5.41) is 7.33. The van der Waals surface area contributed by atoms with Gasteiger partial charge in [0.1, 0.15) is 5.60 Å². The van der Waals surface area contributed by atoms with Crippen LogP contribution in [-0.4, -0.2) is 37.0 Å². The number of nitrogens with one attached hydrogen (secondary N) is 1.